The monoisotopic (exact) mass is 652 g/mol. The molecular weight excluding hydrogens is 596 g/mol. The molecule has 0 spiro atoms. The first-order valence-electron chi connectivity index (χ1n) is 17.6. The Kier molecular flexibility index (Phi) is 14.3. The molecule has 0 bridgehead atoms. The van der Waals surface area contributed by atoms with Gasteiger partial charge in [-0.2, -0.15) is 0 Å². The molecule has 2 aromatic rings. The number of amides is 4. The molecule has 1 aliphatic heterocycles. The van der Waals surface area contributed by atoms with Crippen molar-refractivity contribution < 1.29 is 19.2 Å². The van der Waals surface area contributed by atoms with Gasteiger partial charge in [-0.3, -0.25) is 29.0 Å². The normalized spacial score (nSPS) is 17.9. The summed E-state index contributed by atoms with van der Waals surface area (Å²) in [4.78, 5) is 56.8. The third-order valence-corrected chi connectivity index (χ3v) is 9.65. The number of anilines is 2. The van der Waals surface area contributed by atoms with Crippen molar-refractivity contribution in [3.63, 3.8) is 0 Å². The summed E-state index contributed by atoms with van der Waals surface area (Å²) in [5, 5.41) is 0. The maximum atomic E-state index is 14.0. The number of imide groups is 2. The quantitative estimate of drug-likeness (QED) is 0.0831. The molecule has 0 saturated carbocycles. The van der Waals surface area contributed by atoms with E-state index in [0.29, 0.717) is 17.8 Å². The Balaban J connectivity index is 1.66. The minimum absolute atomic E-state index is 0.0139. The topological polar surface area (TPSA) is 74.8 Å². The lowest BCUT2D eigenvalue weighted by atomic mass is 9.85. The Labute approximate surface area is 289 Å². The van der Waals surface area contributed by atoms with Crippen molar-refractivity contribution in [2.75, 3.05) is 9.80 Å². The van der Waals surface area contributed by atoms with E-state index in [1.165, 1.54) is 9.80 Å². The molecule has 48 heavy (non-hydrogen) atoms. The molecule has 0 aromatic heterocycles. The van der Waals surface area contributed by atoms with Gasteiger partial charge in [0, 0.05) is 18.8 Å². The van der Waals surface area contributed by atoms with Crippen LogP contribution in [0.4, 0.5) is 11.4 Å². The highest BCUT2D eigenvalue weighted by atomic mass is 16.2. The molecule has 1 fully saturated rings. The van der Waals surface area contributed by atoms with E-state index < -0.39 is 5.92 Å². The number of nitrogens with zero attached hydrogens (tertiary/aromatic N) is 2. The van der Waals surface area contributed by atoms with Gasteiger partial charge in [0.2, 0.25) is 23.6 Å². The fourth-order valence-corrected chi connectivity index (χ4v) is 6.56. The predicted octanol–water partition coefficient (Wildman–Crippen LogP) is 9.54. The molecule has 258 valence electrons. The van der Waals surface area contributed by atoms with Crippen molar-refractivity contribution in [3.05, 3.63) is 95.1 Å². The smallest absolute Gasteiger partial charge is 0.237 e. The molecule has 0 radical (unpaired) electrons. The highest BCUT2D eigenvalue weighted by molar-refractivity contribution is 6.21. The van der Waals surface area contributed by atoms with Crippen LogP contribution in [-0.4, -0.2) is 23.6 Å². The molecule has 4 amide bonds. The van der Waals surface area contributed by atoms with E-state index in [0.717, 1.165) is 47.9 Å². The SMILES string of the molecule is C/C=C\C=C/CCCCC(=O)N(C(=O)C(C)C(C)CC(C)/C=C/C(C)C1CC(=O)N(c2ccc(C)cc2C)C1=O)c1ccc(C)cc1C. The van der Waals surface area contributed by atoms with Crippen LogP contribution in [0.1, 0.15) is 95.4 Å². The van der Waals surface area contributed by atoms with Crippen LogP contribution in [0.2, 0.25) is 0 Å². The lowest BCUT2D eigenvalue weighted by Gasteiger charge is -2.29. The number of allylic oxidation sites excluding steroid dienone is 6. The lowest BCUT2D eigenvalue weighted by Crippen LogP contribution is -2.42. The Hall–Kier alpha value is -4.06. The molecule has 3 rings (SSSR count). The third kappa shape index (κ3) is 9.98. The molecule has 1 saturated heterocycles. The molecule has 2 aromatic carbocycles. The second-order valence-corrected chi connectivity index (χ2v) is 13.9. The first-order chi connectivity index (χ1) is 22.8. The van der Waals surface area contributed by atoms with Crippen LogP contribution in [0.15, 0.2) is 72.9 Å². The number of carbonyl (C=O) groups excluding carboxylic acids is 4. The van der Waals surface area contributed by atoms with Crippen molar-refractivity contribution >= 4 is 35.0 Å². The average Bonchev–Trinajstić information content (AvgIpc) is 3.33. The van der Waals surface area contributed by atoms with E-state index in [1.54, 1.807) is 0 Å². The second kappa shape index (κ2) is 17.9. The molecule has 1 aliphatic rings. The van der Waals surface area contributed by atoms with Crippen molar-refractivity contribution in [1.29, 1.82) is 0 Å². The van der Waals surface area contributed by atoms with Gasteiger partial charge in [-0.25, -0.2) is 0 Å². The zero-order chi connectivity index (χ0) is 35.5. The van der Waals surface area contributed by atoms with Crippen LogP contribution in [0.3, 0.4) is 0 Å². The molecule has 0 aliphatic carbocycles. The minimum atomic E-state index is -0.402. The van der Waals surface area contributed by atoms with Gasteiger partial charge in [-0.1, -0.05) is 99.5 Å². The van der Waals surface area contributed by atoms with Gasteiger partial charge in [0.1, 0.15) is 0 Å². The van der Waals surface area contributed by atoms with E-state index >= 15 is 0 Å². The zero-order valence-corrected chi connectivity index (χ0v) is 30.6. The van der Waals surface area contributed by atoms with Crippen LogP contribution in [0.5, 0.6) is 0 Å². The predicted molar refractivity (Wildman–Crippen MR) is 198 cm³/mol. The molecular formula is C42H56N2O4. The zero-order valence-electron chi connectivity index (χ0n) is 30.6. The van der Waals surface area contributed by atoms with E-state index in [-0.39, 0.29) is 53.7 Å². The standard InChI is InChI=1S/C42H56N2O4/c1-10-11-12-13-14-15-16-17-39(45)43(37-22-19-29(3)25-33(37)7)41(47)35(9)32(6)24-28(2)18-21-31(5)36-27-40(46)44(42(36)48)38-23-20-30(4)26-34(38)8/h10-13,18-23,25-26,28,31-32,35-36H,14-17,24,27H2,1-9H3/b11-10-,13-12-,21-18+. The van der Waals surface area contributed by atoms with Crippen molar-refractivity contribution in [1.82, 2.24) is 0 Å². The molecule has 1 heterocycles. The summed E-state index contributed by atoms with van der Waals surface area (Å²) in [5.74, 6) is -1.35. The van der Waals surface area contributed by atoms with E-state index in [4.69, 9.17) is 0 Å². The van der Waals surface area contributed by atoms with Gasteiger partial charge in [0.25, 0.3) is 0 Å². The summed E-state index contributed by atoms with van der Waals surface area (Å²) in [6, 6.07) is 11.6. The van der Waals surface area contributed by atoms with E-state index in [9.17, 15) is 19.2 Å². The molecule has 6 nitrogen and oxygen atoms in total. The van der Waals surface area contributed by atoms with Crippen molar-refractivity contribution in [2.24, 2.45) is 29.6 Å². The summed E-state index contributed by atoms with van der Waals surface area (Å²) in [7, 11) is 0. The van der Waals surface area contributed by atoms with Crippen molar-refractivity contribution in [2.45, 2.75) is 101 Å². The molecule has 5 atom stereocenters. The minimum Gasteiger partial charge on any atom is -0.274 e. The summed E-state index contributed by atoms with van der Waals surface area (Å²) >= 11 is 0. The van der Waals surface area contributed by atoms with E-state index in [2.05, 4.69) is 26.0 Å². The van der Waals surface area contributed by atoms with Crippen molar-refractivity contribution in [3.8, 4) is 0 Å². The summed E-state index contributed by atoms with van der Waals surface area (Å²) in [6.45, 7) is 18.0. The second-order valence-electron chi connectivity index (χ2n) is 13.9. The summed E-state index contributed by atoms with van der Waals surface area (Å²) in [5.41, 5.74) is 5.33. The molecule has 0 N–H and O–H groups in total. The summed E-state index contributed by atoms with van der Waals surface area (Å²) in [6.07, 6.45) is 16.0. The van der Waals surface area contributed by atoms with Crippen LogP contribution >= 0.6 is 0 Å². The summed E-state index contributed by atoms with van der Waals surface area (Å²) < 4.78 is 0. The largest absolute Gasteiger partial charge is 0.274 e. The number of unbranched alkanes of at least 4 members (excludes halogenated alkanes) is 2. The Morgan fingerprint density at radius 3 is 2.21 bits per heavy atom. The van der Waals surface area contributed by atoms with Crippen LogP contribution in [-0.2, 0) is 19.2 Å². The highest BCUT2D eigenvalue weighted by Crippen LogP contribution is 2.34. The number of carbonyl (C=O) groups is 4. The number of aryl methyl sites for hydroxylation is 4. The number of rotatable bonds is 15. The van der Waals surface area contributed by atoms with Gasteiger partial charge >= 0.3 is 0 Å². The molecule has 5 unspecified atom stereocenters. The average molecular weight is 653 g/mol. The number of hydrogen-bond donors (Lipinski definition) is 0. The van der Waals surface area contributed by atoms with Crippen LogP contribution in [0.25, 0.3) is 0 Å². The van der Waals surface area contributed by atoms with Crippen LogP contribution < -0.4 is 9.80 Å². The maximum Gasteiger partial charge on any atom is 0.237 e. The first-order valence-corrected chi connectivity index (χ1v) is 17.6. The third-order valence-electron chi connectivity index (χ3n) is 9.65. The highest BCUT2D eigenvalue weighted by Gasteiger charge is 2.42. The maximum absolute atomic E-state index is 14.0. The fraction of sp³-hybridized carbons (Fsp3) is 0.476. The number of benzene rings is 2. The van der Waals surface area contributed by atoms with Gasteiger partial charge in [-0.05, 0) is 101 Å². The van der Waals surface area contributed by atoms with E-state index in [1.807, 2.05) is 109 Å². The number of hydrogen-bond acceptors (Lipinski definition) is 4. The van der Waals surface area contributed by atoms with Gasteiger partial charge < -0.3 is 0 Å². The van der Waals surface area contributed by atoms with Crippen LogP contribution in [0, 0.1) is 57.3 Å². The molecule has 6 heteroatoms. The first kappa shape index (κ1) is 38.4. The Morgan fingerprint density at radius 1 is 0.896 bits per heavy atom. The fourth-order valence-electron chi connectivity index (χ4n) is 6.56. The Morgan fingerprint density at radius 2 is 1.56 bits per heavy atom. The van der Waals surface area contributed by atoms with Gasteiger partial charge in [0.15, 0.2) is 0 Å². The van der Waals surface area contributed by atoms with Gasteiger partial charge in [-0.15, -0.1) is 0 Å². The lowest BCUT2D eigenvalue weighted by molar-refractivity contribution is -0.130. The van der Waals surface area contributed by atoms with Gasteiger partial charge in [0.05, 0.1) is 17.3 Å². The Bertz CT molecular complexity index is 1550.